The summed E-state index contributed by atoms with van der Waals surface area (Å²) in [4.78, 5) is 12.4. The van der Waals surface area contributed by atoms with Crippen LogP contribution in [0.5, 0.6) is 0 Å². The Hall–Kier alpha value is -2.84. The van der Waals surface area contributed by atoms with Gasteiger partial charge in [-0.05, 0) is 50.6 Å². The van der Waals surface area contributed by atoms with Gasteiger partial charge in [0.15, 0.2) is 0 Å². The number of anilines is 1. The number of methoxy groups -OCH3 is 1. The Labute approximate surface area is 148 Å². The van der Waals surface area contributed by atoms with Gasteiger partial charge in [0.05, 0.1) is 12.6 Å². The number of amides is 1. The molecule has 0 aliphatic heterocycles. The molecule has 5 heteroatoms. The van der Waals surface area contributed by atoms with E-state index < -0.39 is 5.91 Å². The molecule has 0 radical (unpaired) electrons. The number of aryl methyl sites for hydroxylation is 1. The fourth-order valence-electron chi connectivity index (χ4n) is 2.97. The average molecular weight is 337 g/mol. The van der Waals surface area contributed by atoms with Gasteiger partial charge in [0.1, 0.15) is 11.6 Å². The number of nitrogens with one attached hydrogen (secondary N) is 1. The highest BCUT2D eigenvalue weighted by atomic mass is 16.5. The van der Waals surface area contributed by atoms with Crippen LogP contribution in [-0.2, 0) is 9.53 Å². The van der Waals surface area contributed by atoms with Gasteiger partial charge in [-0.1, -0.05) is 18.2 Å². The molecule has 1 aromatic heterocycles. The predicted molar refractivity (Wildman–Crippen MR) is 99.2 cm³/mol. The minimum Gasteiger partial charge on any atom is -0.383 e. The summed E-state index contributed by atoms with van der Waals surface area (Å²) in [5.41, 5.74) is 3.66. The quantitative estimate of drug-likeness (QED) is 0.643. The number of aromatic nitrogens is 1. The van der Waals surface area contributed by atoms with Crippen molar-refractivity contribution < 1.29 is 9.53 Å². The molecular weight excluding hydrogens is 314 g/mol. The van der Waals surface area contributed by atoms with Crippen molar-refractivity contribution in [2.75, 3.05) is 19.0 Å². The van der Waals surface area contributed by atoms with Crippen LogP contribution < -0.4 is 5.32 Å². The molecule has 0 fully saturated rings. The first kappa shape index (κ1) is 18.5. The standard InChI is InChI=1S/C20H23N3O2/c1-14-10-17(16(3)23(14)15(2)13-25-4)11-18(12-21)20(24)22-19-8-6-5-7-9-19/h5-11,15H,13H2,1-4H3,(H,22,24)/b18-11+. The number of rotatable bonds is 6. The second-order valence-corrected chi connectivity index (χ2v) is 5.99. The Morgan fingerprint density at radius 1 is 1.36 bits per heavy atom. The lowest BCUT2D eigenvalue weighted by atomic mass is 10.1. The Bertz CT molecular complexity index is 813. The normalized spacial score (nSPS) is 12.5. The lowest BCUT2D eigenvalue weighted by Gasteiger charge is -2.17. The van der Waals surface area contributed by atoms with Gasteiger partial charge in [-0.25, -0.2) is 0 Å². The molecule has 1 heterocycles. The van der Waals surface area contributed by atoms with Gasteiger partial charge < -0.3 is 14.6 Å². The predicted octanol–water partition coefficient (Wildman–Crippen LogP) is 3.86. The second kappa shape index (κ2) is 8.32. The van der Waals surface area contributed by atoms with Crippen molar-refractivity contribution in [1.29, 1.82) is 5.26 Å². The van der Waals surface area contributed by atoms with Crippen molar-refractivity contribution in [1.82, 2.24) is 4.57 Å². The Morgan fingerprint density at radius 3 is 2.64 bits per heavy atom. The number of carbonyl (C=O) groups is 1. The van der Waals surface area contributed by atoms with Gasteiger partial charge in [-0.15, -0.1) is 0 Å². The van der Waals surface area contributed by atoms with E-state index in [-0.39, 0.29) is 11.6 Å². The van der Waals surface area contributed by atoms with Gasteiger partial charge in [-0.3, -0.25) is 4.79 Å². The number of nitriles is 1. The molecule has 0 saturated heterocycles. The zero-order valence-corrected chi connectivity index (χ0v) is 15.0. The molecule has 130 valence electrons. The lowest BCUT2D eigenvalue weighted by molar-refractivity contribution is -0.112. The first-order valence-electron chi connectivity index (χ1n) is 8.13. The van der Waals surface area contributed by atoms with Gasteiger partial charge >= 0.3 is 0 Å². The smallest absolute Gasteiger partial charge is 0.266 e. The maximum absolute atomic E-state index is 12.4. The minimum absolute atomic E-state index is 0.0727. The van der Waals surface area contributed by atoms with Crippen LogP contribution in [-0.4, -0.2) is 24.2 Å². The monoisotopic (exact) mass is 337 g/mol. The summed E-state index contributed by atoms with van der Waals surface area (Å²) in [6.07, 6.45) is 1.64. The van der Waals surface area contributed by atoms with Crippen LogP contribution in [0.3, 0.4) is 0 Å². The van der Waals surface area contributed by atoms with E-state index in [0.717, 1.165) is 17.0 Å². The maximum atomic E-state index is 12.4. The third kappa shape index (κ3) is 4.37. The van der Waals surface area contributed by atoms with E-state index in [2.05, 4.69) is 16.8 Å². The van der Waals surface area contributed by atoms with Crippen molar-refractivity contribution in [3.05, 3.63) is 58.9 Å². The van der Waals surface area contributed by atoms with Crippen LogP contribution >= 0.6 is 0 Å². The molecule has 0 aliphatic rings. The maximum Gasteiger partial charge on any atom is 0.266 e. The molecule has 0 bridgehead atoms. The van der Waals surface area contributed by atoms with Gasteiger partial charge in [0.2, 0.25) is 0 Å². The van der Waals surface area contributed by atoms with Crippen molar-refractivity contribution in [2.45, 2.75) is 26.8 Å². The highest BCUT2D eigenvalue weighted by Gasteiger charge is 2.15. The fourth-order valence-corrected chi connectivity index (χ4v) is 2.97. The first-order chi connectivity index (χ1) is 12.0. The number of hydrogen-bond donors (Lipinski definition) is 1. The Morgan fingerprint density at radius 2 is 2.04 bits per heavy atom. The van der Waals surface area contributed by atoms with Crippen LogP contribution in [0.2, 0.25) is 0 Å². The van der Waals surface area contributed by atoms with Gasteiger partial charge in [0, 0.05) is 24.2 Å². The fraction of sp³-hybridized carbons (Fsp3) is 0.300. The van der Waals surface area contributed by atoms with E-state index in [1.165, 1.54) is 0 Å². The van der Waals surface area contributed by atoms with E-state index in [0.29, 0.717) is 12.3 Å². The molecule has 5 nitrogen and oxygen atoms in total. The zero-order valence-electron chi connectivity index (χ0n) is 15.0. The highest BCUT2D eigenvalue weighted by Crippen LogP contribution is 2.23. The molecule has 2 aromatic rings. The number of nitrogens with zero attached hydrogens (tertiary/aromatic N) is 2. The van der Waals surface area contributed by atoms with Crippen molar-refractivity contribution in [3.8, 4) is 6.07 Å². The Balaban J connectivity index is 2.29. The largest absolute Gasteiger partial charge is 0.383 e. The SMILES string of the molecule is COCC(C)n1c(C)cc(/C=C(\C#N)C(=O)Nc2ccccc2)c1C. The molecule has 2 rings (SSSR count). The third-order valence-corrected chi connectivity index (χ3v) is 4.07. The summed E-state index contributed by atoms with van der Waals surface area (Å²) in [6.45, 7) is 6.66. The number of ether oxygens (including phenoxy) is 1. The van der Waals surface area contributed by atoms with Crippen LogP contribution in [0.1, 0.15) is 29.9 Å². The Kier molecular flexibility index (Phi) is 6.15. The van der Waals surface area contributed by atoms with Crippen molar-refractivity contribution in [3.63, 3.8) is 0 Å². The van der Waals surface area contributed by atoms with Crippen molar-refractivity contribution in [2.24, 2.45) is 0 Å². The molecular formula is C20H23N3O2. The number of hydrogen-bond acceptors (Lipinski definition) is 3. The van der Waals surface area contributed by atoms with E-state index in [9.17, 15) is 10.1 Å². The van der Waals surface area contributed by atoms with E-state index in [1.807, 2.05) is 44.2 Å². The summed E-state index contributed by atoms with van der Waals surface area (Å²) in [6, 6.07) is 13.2. The molecule has 0 aliphatic carbocycles. The number of benzene rings is 1. The summed E-state index contributed by atoms with van der Waals surface area (Å²) >= 11 is 0. The van der Waals surface area contributed by atoms with Crippen LogP contribution in [0.25, 0.3) is 6.08 Å². The van der Waals surface area contributed by atoms with E-state index >= 15 is 0 Å². The van der Waals surface area contributed by atoms with E-state index in [1.54, 1.807) is 25.3 Å². The van der Waals surface area contributed by atoms with Crippen LogP contribution in [0, 0.1) is 25.2 Å². The molecule has 1 unspecified atom stereocenters. The molecule has 1 N–H and O–H groups in total. The molecule has 1 amide bonds. The molecule has 0 spiro atoms. The lowest BCUT2D eigenvalue weighted by Crippen LogP contribution is -2.14. The zero-order chi connectivity index (χ0) is 18.4. The average Bonchev–Trinajstić information content (AvgIpc) is 2.87. The topological polar surface area (TPSA) is 67.0 Å². The second-order valence-electron chi connectivity index (χ2n) is 5.99. The number of para-hydroxylation sites is 1. The van der Waals surface area contributed by atoms with Gasteiger partial charge in [-0.2, -0.15) is 5.26 Å². The summed E-state index contributed by atoms with van der Waals surface area (Å²) in [7, 11) is 1.67. The summed E-state index contributed by atoms with van der Waals surface area (Å²) in [5.74, 6) is -0.413. The molecule has 1 atom stereocenters. The van der Waals surface area contributed by atoms with Crippen molar-refractivity contribution >= 4 is 17.7 Å². The minimum atomic E-state index is -0.413. The first-order valence-corrected chi connectivity index (χ1v) is 8.13. The number of carbonyl (C=O) groups excluding carboxylic acids is 1. The molecule has 0 saturated carbocycles. The van der Waals surface area contributed by atoms with Crippen LogP contribution in [0.15, 0.2) is 42.0 Å². The van der Waals surface area contributed by atoms with Crippen LogP contribution in [0.4, 0.5) is 5.69 Å². The van der Waals surface area contributed by atoms with Gasteiger partial charge in [0.25, 0.3) is 5.91 Å². The molecule has 1 aromatic carbocycles. The summed E-state index contributed by atoms with van der Waals surface area (Å²) < 4.78 is 7.38. The summed E-state index contributed by atoms with van der Waals surface area (Å²) in [5, 5.41) is 12.1. The third-order valence-electron chi connectivity index (χ3n) is 4.07. The highest BCUT2D eigenvalue weighted by molar-refractivity contribution is 6.09. The van der Waals surface area contributed by atoms with E-state index in [4.69, 9.17) is 4.74 Å². The molecule has 25 heavy (non-hydrogen) atoms.